The van der Waals surface area contributed by atoms with Crippen LogP contribution in [0.3, 0.4) is 0 Å². The van der Waals surface area contributed by atoms with Crippen LogP contribution < -0.4 is 10.6 Å². The molecular weight excluding hydrogens is 504 g/mol. The molecule has 2 atom stereocenters. The van der Waals surface area contributed by atoms with Crippen molar-refractivity contribution in [2.24, 2.45) is 5.92 Å². The summed E-state index contributed by atoms with van der Waals surface area (Å²) in [5.74, 6) is -1.79. The first kappa shape index (κ1) is 25.4. The lowest BCUT2D eigenvalue weighted by Gasteiger charge is -2.22. The van der Waals surface area contributed by atoms with Gasteiger partial charge < -0.3 is 20.3 Å². The molecule has 1 aromatic carbocycles. The molecule has 0 bridgehead atoms. The third-order valence-corrected chi connectivity index (χ3v) is 6.02. The highest BCUT2D eigenvalue weighted by Crippen LogP contribution is 2.20. The number of carbonyl (C=O) groups is 4. The average molecular weight is 531 g/mol. The fourth-order valence-electron chi connectivity index (χ4n) is 3.55. The van der Waals surface area contributed by atoms with Gasteiger partial charge in [-0.3, -0.25) is 19.4 Å². The number of hydrogen-bond donors (Lipinski definition) is 2. The van der Waals surface area contributed by atoms with Gasteiger partial charge in [0, 0.05) is 23.8 Å². The number of rotatable bonds is 9. The molecule has 2 aromatic rings. The molecule has 1 aliphatic rings. The zero-order valence-electron chi connectivity index (χ0n) is 19.0. The number of ether oxygens (including phenoxy) is 1. The third kappa shape index (κ3) is 6.86. The molecule has 180 valence electrons. The van der Waals surface area contributed by atoms with Crippen molar-refractivity contribution in [2.45, 2.75) is 45.5 Å². The number of hydrogen-bond acceptors (Lipinski definition) is 6. The van der Waals surface area contributed by atoms with Crippen molar-refractivity contribution in [2.75, 3.05) is 6.54 Å². The summed E-state index contributed by atoms with van der Waals surface area (Å²) >= 11 is 3.44. The van der Waals surface area contributed by atoms with Gasteiger partial charge in [0.1, 0.15) is 18.7 Å². The van der Waals surface area contributed by atoms with Crippen molar-refractivity contribution in [3.63, 3.8) is 0 Å². The number of benzene rings is 1. The lowest BCUT2D eigenvalue weighted by molar-refractivity contribution is -0.141. The van der Waals surface area contributed by atoms with E-state index in [2.05, 4.69) is 31.5 Å². The van der Waals surface area contributed by atoms with Gasteiger partial charge in [-0.25, -0.2) is 4.79 Å². The van der Waals surface area contributed by atoms with Crippen molar-refractivity contribution in [1.29, 1.82) is 0 Å². The zero-order valence-corrected chi connectivity index (χ0v) is 20.6. The topological polar surface area (TPSA) is 118 Å². The van der Waals surface area contributed by atoms with Crippen LogP contribution in [0.25, 0.3) is 0 Å². The van der Waals surface area contributed by atoms with Crippen LogP contribution in [0.15, 0.2) is 53.1 Å². The number of amides is 3. The Morgan fingerprint density at radius 2 is 1.91 bits per heavy atom. The highest BCUT2D eigenvalue weighted by molar-refractivity contribution is 9.10. The van der Waals surface area contributed by atoms with Crippen molar-refractivity contribution < 1.29 is 23.9 Å². The molecule has 0 radical (unpaired) electrons. The highest BCUT2D eigenvalue weighted by atomic mass is 79.9. The van der Waals surface area contributed by atoms with Gasteiger partial charge >= 0.3 is 6.09 Å². The second kappa shape index (κ2) is 11.7. The largest absolute Gasteiger partial charge is 0.443 e. The molecule has 0 saturated carbocycles. The summed E-state index contributed by atoms with van der Waals surface area (Å²) in [7, 11) is 0. The van der Waals surface area contributed by atoms with Gasteiger partial charge in [0.15, 0.2) is 0 Å². The lowest BCUT2D eigenvalue weighted by Crippen LogP contribution is -2.52. The zero-order chi connectivity index (χ0) is 24.7. The Kier molecular flexibility index (Phi) is 8.75. The van der Waals surface area contributed by atoms with E-state index in [0.29, 0.717) is 12.1 Å². The number of nitrogens with one attached hydrogen (secondary N) is 2. The van der Waals surface area contributed by atoms with Crippen molar-refractivity contribution >= 4 is 39.6 Å². The number of Topliss-reactive ketones (excluding diaryl/α,β-unsaturated/α-hetero) is 1. The Labute approximate surface area is 206 Å². The van der Waals surface area contributed by atoms with Crippen molar-refractivity contribution in [3.8, 4) is 0 Å². The van der Waals surface area contributed by atoms with Crippen molar-refractivity contribution in [1.82, 2.24) is 20.5 Å². The summed E-state index contributed by atoms with van der Waals surface area (Å²) in [5.41, 5.74) is 1.42. The van der Waals surface area contributed by atoms with E-state index in [0.717, 1.165) is 10.0 Å². The van der Waals surface area contributed by atoms with E-state index in [1.54, 1.807) is 24.4 Å². The number of aromatic nitrogens is 1. The molecule has 2 N–H and O–H groups in total. The first-order chi connectivity index (χ1) is 16.2. The van der Waals surface area contributed by atoms with E-state index < -0.39 is 35.8 Å². The van der Waals surface area contributed by atoms with Gasteiger partial charge in [0.05, 0.1) is 5.69 Å². The molecule has 9 nitrogen and oxygen atoms in total. The van der Waals surface area contributed by atoms with Crippen LogP contribution in [-0.4, -0.2) is 52.2 Å². The normalized spacial score (nSPS) is 16.5. The van der Waals surface area contributed by atoms with Crippen LogP contribution in [0.4, 0.5) is 4.79 Å². The third-order valence-electron chi connectivity index (χ3n) is 5.25. The van der Waals surface area contributed by atoms with Crippen LogP contribution in [0, 0.1) is 5.92 Å². The van der Waals surface area contributed by atoms with E-state index >= 15 is 0 Å². The van der Waals surface area contributed by atoms with Crippen LogP contribution >= 0.6 is 15.9 Å². The Morgan fingerprint density at radius 3 is 2.59 bits per heavy atom. The lowest BCUT2D eigenvalue weighted by atomic mass is 10.0. The van der Waals surface area contributed by atoms with Gasteiger partial charge in [-0.15, -0.1) is 0 Å². The SMILES string of the molecule is CC(C)C[C@H](NC(=O)OCc1ccccn1)C(=O)NC1CN(Cc2ccccc2Br)C(=O)C1=O. The fraction of sp³-hybridized carbons (Fsp3) is 0.375. The molecular formula is C24H27BrN4O5. The van der Waals surface area contributed by atoms with Crippen molar-refractivity contribution in [3.05, 3.63) is 64.4 Å². The summed E-state index contributed by atoms with van der Waals surface area (Å²) < 4.78 is 5.99. The standard InChI is InChI=1S/C24H27BrN4O5/c1-15(2)11-19(28-24(33)34-14-17-8-5-6-10-26-17)22(31)27-20-13-29(23(32)21(20)30)12-16-7-3-4-9-18(16)25/h3-10,15,19-20H,11-14H2,1-2H3,(H,27,31)(H,28,33)/t19-,20?/m0/s1. The summed E-state index contributed by atoms with van der Waals surface area (Å²) in [6.45, 7) is 4.08. The van der Waals surface area contributed by atoms with Gasteiger partial charge in [-0.2, -0.15) is 0 Å². The van der Waals surface area contributed by atoms with Gasteiger partial charge in [0.2, 0.25) is 11.7 Å². The number of ketones is 1. The molecule has 34 heavy (non-hydrogen) atoms. The maximum atomic E-state index is 12.9. The fourth-order valence-corrected chi connectivity index (χ4v) is 3.96. The van der Waals surface area contributed by atoms with Gasteiger partial charge in [0.25, 0.3) is 5.91 Å². The molecule has 1 aliphatic heterocycles. The number of likely N-dealkylation sites (tertiary alicyclic amines) is 1. The Hall–Kier alpha value is -3.27. The number of carbonyl (C=O) groups excluding carboxylic acids is 4. The number of pyridine rings is 1. The monoisotopic (exact) mass is 530 g/mol. The van der Waals surface area contributed by atoms with Gasteiger partial charge in [-0.05, 0) is 36.1 Å². The van der Waals surface area contributed by atoms with E-state index in [4.69, 9.17) is 4.74 Å². The van der Waals surface area contributed by atoms with Crippen LogP contribution in [-0.2, 0) is 32.3 Å². The quantitative estimate of drug-likeness (QED) is 0.481. The van der Waals surface area contributed by atoms with E-state index in [9.17, 15) is 19.2 Å². The molecule has 1 unspecified atom stereocenters. The molecule has 3 amide bonds. The van der Waals surface area contributed by atoms with Crippen LogP contribution in [0.5, 0.6) is 0 Å². The second-order valence-corrected chi connectivity index (χ2v) is 9.28. The van der Waals surface area contributed by atoms with E-state index in [-0.39, 0.29) is 25.6 Å². The number of halogens is 1. The van der Waals surface area contributed by atoms with Crippen LogP contribution in [0.2, 0.25) is 0 Å². The Balaban J connectivity index is 1.59. The molecule has 1 fully saturated rings. The second-order valence-electron chi connectivity index (χ2n) is 8.43. The minimum absolute atomic E-state index is 0.0394. The molecule has 2 heterocycles. The predicted octanol–water partition coefficient (Wildman–Crippen LogP) is 2.58. The Bertz CT molecular complexity index is 1050. The smallest absolute Gasteiger partial charge is 0.408 e. The van der Waals surface area contributed by atoms with Gasteiger partial charge in [-0.1, -0.05) is 54.0 Å². The predicted molar refractivity (Wildman–Crippen MR) is 127 cm³/mol. The minimum Gasteiger partial charge on any atom is -0.443 e. The summed E-state index contributed by atoms with van der Waals surface area (Å²) in [6, 6.07) is 10.8. The summed E-state index contributed by atoms with van der Waals surface area (Å²) in [6.07, 6.45) is 1.15. The average Bonchev–Trinajstić information content (AvgIpc) is 3.07. The molecule has 10 heteroatoms. The van der Waals surface area contributed by atoms with E-state index in [1.807, 2.05) is 38.1 Å². The molecule has 0 aliphatic carbocycles. The first-order valence-corrected chi connectivity index (χ1v) is 11.7. The molecule has 1 aromatic heterocycles. The summed E-state index contributed by atoms with van der Waals surface area (Å²) in [4.78, 5) is 55.7. The summed E-state index contributed by atoms with van der Waals surface area (Å²) in [5, 5.41) is 5.19. The Morgan fingerprint density at radius 1 is 1.18 bits per heavy atom. The van der Waals surface area contributed by atoms with E-state index in [1.165, 1.54) is 4.90 Å². The first-order valence-electron chi connectivity index (χ1n) is 10.9. The van der Waals surface area contributed by atoms with Crippen LogP contribution in [0.1, 0.15) is 31.5 Å². The highest BCUT2D eigenvalue weighted by Gasteiger charge is 2.40. The number of nitrogens with zero attached hydrogens (tertiary/aromatic N) is 2. The number of alkyl carbamates (subject to hydrolysis) is 1. The maximum Gasteiger partial charge on any atom is 0.408 e. The molecule has 3 rings (SSSR count). The molecule has 1 saturated heterocycles. The minimum atomic E-state index is -0.983. The maximum absolute atomic E-state index is 12.9. The molecule has 0 spiro atoms.